The predicted molar refractivity (Wildman–Crippen MR) is 236 cm³/mol. The summed E-state index contributed by atoms with van der Waals surface area (Å²) in [6.07, 6.45) is 26.2. The van der Waals surface area contributed by atoms with Gasteiger partial charge < -0.3 is 33.7 Å². The second kappa shape index (κ2) is 27.8. The van der Waals surface area contributed by atoms with Gasteiger partial charge >= 0.3 is 5.97 Å². The average molecular weight is 842 g/mol. The van der Waals surface area contributed by atoms with Gasteiger partial charge in [0, 0.05) is 68.2 Å². The number of hydrogen-bond donors (Lipinski definition) is 1. The van der Waals surface area contributed by atoms with Crippen LogP contribution < -0.4 is 9.64 Å². The highest BCUT2D eigenvalue weighted by Gasteiger charge is 2.45. The van der Waals surface area contributed by atoms with Gasteiger partial charge in [0.1, 0.15) is 18.5 Å². The summed E-state index contributed by atoms with van der Waals surface area (Å²) in [6.45, 7) is 14.1. The zero-order valence-corrected chi connectivity index (χ0v) is 36.3. The van der Waals surface area contributed by atoms with Crippen LogP contribution in [-0.4, -0.2) is 76.9 Å². The Morgan fingerprint density at radius 1 is 0.914 bits per heavy atom. The van der Waals surface area contributed by atoms with Crippen molar-refractivity contribution < 1.29 is 28.9 Å². The fourth-order valence-corrected chi connectivity index (χ4v) is 7.50. The number of nitrogens with zero attached hydrogens (tertiary/aromatic N) is 4. The summed E-state index contributed by atoms with van der Waals surface area (Å²) in [5, 5.41) is 9.53. The van der Waals surface area contributed by atoms with E-state index >= 15 is 0 Å². The number of benzene rings is 2. The van der Waals surface area contributed by atoms with Gasteiger partial charge in [0.05, 0.1) is 24.5 Å². The number of amides is 1. The first-order chi connectivity index (χ1) is 28.2. The summed E-state index contributed by atoms with van der Waals surface area (Å²) in [4.78, 5) is 30.2. The highest BCUT2D eigenvalue weighted by atomic mass is 35.5. The van der Waals surface area contributed by atoms with Crippen LogP contribution in [0.25, 0.3) is 0 Å². The Hall–Kier alpha value is -3.83. The first kappa shape index (κ1) is 48.5. The summed E-state index contributed by atoms with van der Waals surface area (Å²) in [5.41, 5.74) is 1.82. The van der Waals surface area contributed by atoms with E-state index in [1.165, 1.54) is 70.6 Å². The van der Waals surface area contributed by atoms with Crippen molar-refractivity contribution in [3.05, 3.63) is 102 Å². The second-order valence-corrected chi connectivity index (χ2v) is 15.5. The number of carbonyl (C=O) groups excluding carboxylic acids is 1. The quantitative estimate of drug-likeness (QED) is 0.0787. The van der Waals surface area contributed by atoms with Gasteiger partial charge in [0.2, 0.25) is 11.7 Å². The maximum atomic E-state index is 11.6. The number of aromatic nitrogens is 2. The summed E-state index contributed by atoms with van der Waals surface area (Å²) in [5.74, 6) is -0.865. The number of anilines is 1. The van der Waals surface area contributed by atoms with E-state index in [4.69, 9.17) is 42.5 Å². The smallest absolute Gasteiger partial charge is 0.303 e. The Balaban J connectivity index is 0.000000350. The summed E-state index contributed by atoms with van der Waals surface area (Å²) >= 11 is 12.7. The number of carbonyl (C=O) groups is 2. The van der Waals surface area contributed by atoms with Crippen LogP contribution in [0.1, 0.15) is 109 Å². The maximum absolute atomic E-state index is 11.6. The van der Waals surface area contributed by atoms with Crippen LogP contribution in [0, 0.1) is 0 Å². The third-order valence-corrected chi connectivity index (χ3v) is 10.7. The number of ether oxygens (including phenoxy) is 3. The van der Waals surface area contributed by atoms with Gasteiger partial charge in [-0.25, -0.2) is 4.98 Å². The molecule has 3 heterocycles. The Bertz CT molecular complexity index is 1610. The first-order valence-electron chi connectivity index (χ1n) is 21.0. The van der Waals surface area contributed by atoms with Crippen molar-refractivity contribution in [3.63, 3.8) is 0 Å². The molecule has 12 heteroatoms. The molecule has 1 amide bonds. The molecule has 1 aromatic heterocycles. The van der Waals surface area contributed by atoms with Crippen molar-refractivity contribution in [2.75, 3.05) is 44.3 Å². The lowest BCUT2D eigenvalue weighted by atomic mass is 10.1. The van der Waals surface area contributed by atoms with Gasteiger partial charge in [0.25, 0.3) is 0 Å². The minimum absolute atomic E-state index is 0.129. The van der Waals surface area contributed by atoms with E-state index in [-0.39, 0.29) is 12.0 Å². The molecule has 320 valence electrons. The molecule has 3 aromatic rings. The normalized spacial score (nSPS) is 17.7. The molecule has 2 aromatic carbocycles. The van der Waals surface area contributed by atoms with Gasteiger partial charge in [-0.2, -0.15) is 0 Å². The molecule has 0 saturated carbocycles. The minimum Gasteiger partial charge on any atom is -0.491 e. The van der Waals surface area contributed by atoms with Crippen molar-refractivity contribution >= 4 is 40.8 Å². The van der Waals surface area contributed by atoms with E-state index in [1.807, 2.05) is 46.0 Å². The van der Waals surface area contributed by atoms with E-state index in [1.54, 1.807) is 31.6 Å². The second-order valence-electron chi connectivity index (χ2n) is 14.7. The molecule has 2 atom stereocenters. The Labute approximate surface area is 357 Å². The number of hydrogen-bond acceptors (Lipinski definition) is 7. The van der Waals surface area contributed by atoms with Crippen molar-refractivity contribution in [2.24, 2.45) is 0 Å². The number of carboxylic acids is 1. The minimum atomic E-state index is -1.08. The van der Waals surface area contributed by atoms with Crippen LogP contribution in [0.5, 0.6) is 5.75 Å². The SMILES string of the molecule is C=C.CC(=O)N1CCN(c2ccc(OC[C@H]3CO[C@](Cn4ccnc4)(c4ccc(Cl)cc4Cl)O3)cc2)CC1.CCCCCCCCC=CCCCCCCCC(=O)O. The van der Waals surface area contributed by atoms with E-state index in [0.29, 0.717) is 41.8 Å². The number of imidazole rings is 1. The molecule has 2 aliphatic heterocycles. The molecule has 2 saturated heterocycles. The third kappa shape index (κ3) is 17.6. The van der Waals surface area contributed by atoms with Crippen molar-refractivity contribution in [1.29, 1.82) is 0 Å². The van der Waals surface area contributed by atoms with Crippen molar-refractivity contribution in [3.8, 4) is 5.75 Å². The highest BCUT2D eigenvalue weighted by Crippen LogP contribution is 2.40. The van der Waals surface area contributed by atoms with Crippen LogP contribution in [0.4, 0.5) is 5.69 Å². The zero-order valence-electron chi connectivity index (χ0n) is 34.8. The molecule has 10 nitrogen and oxygen atoms in total. The van der Waals surface area contributed by atoms with E-state index in [2.05, 4.69) is 42.1 Å². The van der Waals surface area contributed by atoms with Gasteiger partial charge in [-0.15, -0.1) is 13.2 Å². The zero-order chi connectivity index (χ0) is 42.0. The molecule has 5 rings (SSSR count). The van der Waals surface area contributed by atoms with Crippen molar-refractivity contribution in [2.45, 2.75) is 122 Å². The number of unbranched alkanes of at least 4 members (excludes halogenated alkanes) is 11. The number of allylic oxidation sites excluding steroid dienone is 2. The number of piperazine rings is 1. The molecule has 0 radical (unpaired) electrons. The van der Waals surface area contributed by atoms with Crippen LogP contribution in [0.3, 0.4) is 0 Å². The van der Waals surface area contributed by atoms with Gasteiger partial charge in [-0.1, -0.05) is 99.7 Å². The van der Waals surface area contributed by atoms with Crippen LogP contribution in [-0.2, 0) is 31.4 Å². The average Bonchev–Trinajstić information content (AvgIpc) is 3.90. The third-order valence-electron chi connectivity index (χ3n) is 10.2. The highest BCUT2D eigenvalue weighted by molar-refractivity contribution is 6.35. The van der Waals surface area contributed by atoms with E-state index < -0.39 is 11.8 Å². The summed E-state index contributed by atoms with van der Waals surface area (Å²) < 4.78 is 20.6. The summed E-state index contributed by atoms with van der Waals surface area (Å²) in [7, 11) is 0. The Morgan fingerprint density at radius 2 is 1.55 bits per heavy atom. The number of aliphatic carboxylic acids is 1. The largest absolute Gasteiger partial charge is 0.491 e. The fraction of sp³-hybridized carbons (Fsp3) is 0.543. The number of carboxylic acid groups (broad SMARTS) is 1. The first-order valence-corrected chi connectivity index (χ1v) is 21.8. The molecule has 2 aliphatic rings. The van der Waals surface area contributed by atoms with E-state index in [9.17, 15) is 9.59 Å². The lowest BCUT2D eigenvalue weighted by Crippen LogP contribution is -2.48. The van der Waals surface area contributed by atoms with Crippen molar-refractivity contribution in [1.82, 2.24) is 14.5 Å². The molecular weight excluding hydrogens is 775 g/mol. The lowest BCUT2D eigenvalue weighted by Gasteiger charge is -2.35. The molecule has 2 fully saturated rings. The molecule has 0 unspecified atom stereocenters. The van der Waals surface area contributed by atoms with E-state index in [0.717, 1.165) is 50.5 Å². The van der Waals surface area contributed by atoms with Gasteiger partial charge in [-0.3, -0.25) is 9.59 Å². The van der Waals surface area contributed by atoms with Crippen LogP contribution >= 0.6 is 23.2 Å². The Kier molecular flexibility index (Phi) is 23.3. The maximum Gasteiger partial charge on any atom is 0.303 e. The molecule has 0 aliphatic carbocycles. The molecule has 58 heavy (non-hydrogen) atoms. The van der Waals surface area contributed by atoms with Crippen LogP contribution in [0.2, 0.25) is 10.0 Å². The molecular formula is C46H66Cl2N4O6. The Morgan fingerprint density at radius 3 is 2.14 bits per heavy atom. The standard InChI is InChI=1S/C26H28Cl2N4O4.C18H34O2.C2H4/c1-19(33)31-10-12-32(13-11-31)21-3-5-22(6-4-21)34-15-23-16-35-26(36-23,17-30-9-8-29-18-30)24-7-2-20(27)14-25(24)28;1-2-3-4-5-6-7-8-9-10-11-12-13-14-15-16-17-18(19)20;1-2/h2-9,14,18,23H,10-13,15-17H2,1H3;9-10H,2-8,11-17H2,1H3,(H,19,20);1-2H2/t23-,26-;;/m0../s1. The summed E-state index contributed by atoms with van der Waals surface area (Å²) in [6, 6.07) is 13.3. The van der Waals surface area contributed by atoms with Gasteiger partial charge in [-0.05, 0) is 68.5 Å². The number of halogens is 2. The van der Waals surface area contributed by atoms with Crippen LogP contribution in [0.15, 0.2) is 86.5 Å². The topological polar surface area (TPSA) is 106 Å². The monoisotopic (exact) mass is 840 g/mol. The fourth-order valence-electron chi connectivity index (χ4n) is 6.94. The lowest BCUT2D eigenvalue weighted by molar-refractivity contribution is -0.189. The van der Waals surface area contributed by atoms with Gasteiger partial charge in [0.15, 0.2) is 0 Å². The number of rotatable bonds is 22. The molecule has 0 bridgehead atoms. The molecule has 1 N–H and O–H groups in total. The predicted octanol–water partition coefficient (Wildman–Crippen LogP) is 11.1. The molecule has 0 spiro atoms.